The van der Waals surface area contributed by atoms with Gasteiger partial charge >= 0.3 is 5.97 Å². The number of carbonyl (C=O) groups is 2. The van der Waals surface area contributed by atoms with Crippen molar-refractivity contribution in [3.8, 4) is 0 Å². The standard InChI is InChI=1S/C75H145NO5/c1-3-5-7-9-11-13-15-16-45-49-53-57-61-65-69-75(80)81-70-66-62-58-54-50-46-43-41-39-37-35-33-31-29-27-25-23-21-19-17-18-20-22-24-26-28-30-32-34-36-38-40-42-44-48-52-56-60-64-68-74(79)76-72(71-77)73(78)67-63-59-55-51-47-14-12-10-8-6-4-2/h15-16,63,67,72-73,77-78H,3-14,17-62,64-66,68-71H2,1-2H3,(H,76,79)/b16-15-,67-63+. The first kappa shape index (κ1) is 79.3. The highest BCUT2D eigenvalue weighted by Crippen LogP contribution is 2.19. The van der Waals surface area contributed by atoms with E-state index in [0.717, 1.165) is 44.9 Å². The van der Waals surface area contributed by atoms with Gasteiger partial charge in [-0.3, -0.25) is 9.59 Å². The maximum Gasteiger partial charge on any atom is 0.305 e. The lowest BCUT2D eigenvalue weighted by atomic mass is 10.0. The average molecular weight is 1140 g/mol. The fraction of sp³-hybridized carbons (Fsp3) is 0.920. The predicted molar refractivity (Wildman–Crippen MR) is 356 cm³/mol. The average Bonchev–Trinajstić information content (AvgIpc) is 3.47. The summed E-state index contributed by atoms with van der Waals surface area (Å²) >= 11 is 0. The molecule has 0 aromatic heterocycles. The van der Waals surface area contributed by atoms with Gasteiger partial charge in [-0.05, 0) is 57.8 Å². The van der Waals surface area contributed by atoms with Crippen LogP contribution in [0.4, 0.5) is 0 Å². The van der Waals surface area contributed by atoms with Crippen molar-refractivity contribution in [2.75, 3.05) is 13.2 Å². The first-order valence-electron chi connectivity index (χ1n) is 37.1. The minimum atomic E-state index is -0.838. The number of carbonyl (C=O) groups excluding carboxylic acids is 2. The largest absolute Gasteiger partial charge is 0.466 e. The number of rotatable bonds is 70. The van der Waals surface area contributed by atoms with E-state index in [4.69, 9.17) is 4.74 Å². The van der Waals surface area contributed by atoms with Crippen molar-refractivity contribution in [2.45, 2.75) is 431 Å². The Morgan fingerprint density at radius 2 is 0.580 bits per heavy atom. The molecule has 2 unspecified atom stereocenters. The first-order valence-corrected chi connectivity index (χ1v) is 37.1. The van der Waals surface area contributed by atoms with Gasteiger partial charge in [0, 0.05) is 12.8 Å². The Balaban J connectivity index is 3.28. The van der Waals surface area contributed by atoms with Gasteiger partial charge in [-0.1, -0.05) is 372 Å². The van der Waals surface area contributed by atoms with E-state index in [2.05, 4.69) is 31.3 Å². The van der Waals surface area contributed by atoms with Crippen LogP contribution in [0.25, 0.3) is 0 Å². The molecule has 0 rings (SSSR count). The molecule has 2 atom stereocenters. The van der Waals surface area contributed by atoms with Crippen molar-refractivity contribution in [1.82, 2.24) is 5.32 Å². The van der Waals surface area contributed by atoms with E-state index >= 15 is 0 Å². The summed E-state index contributed by atoms with van der Waals surface area (Å²) in [6.07, 6.45) is 90.2. The van der Waals surface area contributed by atoms with Gasteiger partial charge in [-0.15, -0.1) is 0 Å². The van der Waals surface area contributed by atoms with Crippen molar-refractivity contribution >= 4 is 11.9 Å². The Bertz CT molecular complexity index is 1270. The van der Waals surface area contributed by atoms with Crippen LogP contribution in [0.1, 0.15) is 418 Å². The number of aliphatic hydroxyl groups is 2. The predicted octanol–water partition coefficient (Wildman–Crippen LogP) is 24.1. The second kappa shape index (κ2) is 70.8. The maximum absolute atomic E-state index is 12.4. The molecule has 6 heteroatoms. The molecule has 0 aromatic rings. The Hall–Kier alpha value is -1.66. The quantitative estimate of drug-likeness (QED) is 0.0320. The molecule has 81 heavy (non-hydrogen) atoms. The SMILES string of the molecule is CCCCCCC/C=C\CCCCCCCC(=O)OCCCCCCCCCCCCCCCCCCCCCCCCCCCCCCCCCCCCCCCCCC(=O)NC(CO)C(O)/C=C/CCCCCCCCCCC. The molecule has 0 bridgehead atoms. The number of hydrogen-bond acceptors (Lipinski definition) is 5. The van der Waals surface area contributed by atoms with E-state index in [1.807, 2.05) is 6.08 Å². The first-order chi connectivity index (χ1) is 40.0. The van der Waals surface area contributed by atoms with Crippen LogP contribution in [0, 0.1) is 0 Å². The van der Waals surface area contributed by atoms with E-state index in [1.165, 1.54) is 347 Å². The van der Waals surface area contributed by atoms with Gasteiger partial charge in [-0.2, -0.15) is 0 Å². The van der Waals surface area contributed by atoms with Crippen LogP contribution >= 0.6 is 0 Å². The number of nitrogens with one attached hydrogen (secondary N) is 1. The van der Waals surface area contributed by atoms with Gasteiger partial charge in [0.1, 0.15) is 0 Å². The molecule has 0 saturated heterocycles. The van der Waals surface area contributed by atoms with Crippen LogP contribution in [0.2, 0.25) is 0 Å². The second-order valence-electron chi connectivity index (χ2n) is 25.6. The third-order valence-electron chi connectivity index (χ3n) is 17.5. The molecule has 0 fully saturated rings. The topological polar surface area (TPSA) is 95.9 Å². The summed E-state index contributed by atoms with van der Waals surface area (Å²) in [6, 6.07) is -0.621. The fourth-order valence-corrected chi connectivity index (χ4v) is 11.8. The van der Waals surface area contributed by atoms with Gasteiger partial charge in [0.25, 0.3) is 0 Å². The summed E-state index contributed by atoms with van der Waals surface area (Å²) in [4.78, 5) is 24.5. The zero-order valence-corrected chi connectivity index (χ0v) is 55.0. The Labute approximate surface area is 507 Å². The lowest BCUT2D eigenvalue weighted by molar-refractivity contribution is -0.143. The molecule has 6 nitrogen and oxygen atoms in total. The number of aliphatic hydroxyl groups excluding tert-OH is 2. The van der Waals surface area contributed by atoms with E-state index in [9.17, 15) is 19.8 Å². The molecule has 3 N–H and O–H groups in total. The zero-order chi connectivity index (χ0) is 58.5. The van der Waals surface area contributed by atoms with Crippen molar-refractivity contribution < 1.29 is 24.5 Å². The van der Waals surface area contributed by atoms with Crippen molar-refractivity contribution in [1.29, 1.82) is 0 Å². The van der Waals surface area contributed by atoms with E-state index < -0.39 is 12.1 Å². The summed E-state index contributed by atoms with van der Waals surface area (Å²) in [5, 5.41) is 23.1. The third kappa shape index (κ3) is 67.3. The van der Waals surface area contributed by atoms with Gasteiger partial charge in [0.2, 0.25) is 5.91 Å². The summed E-state index contributed by atoms with van der Waals surface area (Å²) in [5.74, 6) is -0.0454. The van der Waals surface area contributed by atoms with Crippen molar-refractivity contribution in [3.63, 3.8) is 0 Å². The van der Waals surface area contributed by atoms with Crippen LogP contribution in [-0.4, -0.2) is 47.4 Å². The Morgan fingerprint density at radius 1 is 0.333 bits per heavy atom. The summed E-state index contributed by atoms with van der Waals surface area (Å²) in [6.45, 7) is 4.91. The highest BCUT2D eigenvalue weighted by Gasteiger charge is 2.18. The van der Waals surface area contributed by atoms with Gasteiger partial charge in [-0.25, -0.2) is 0 Å². The molecule has 0 heterocycles. The minimum Gasteiger partial charge on any atom is -0.466 e. The third-order valence-corrected chi connectivity index (χ3v) is 17.5. The monoisotopic (exact) mass is 1140 g/mol. The minimum absolute atomic E-state index is 0.0158. The Morgan fingerprint density at radius 3 is 0.877 bits per heavy atom. The molecule has 480 valence electrons. The smallest absolute Gasteiger partial charge is 0.305 e. The number of hydrogen-bond donors (Lipinski definition) is 3. The molecule has 0 aliphatic carbocycles. The number of ether oxygens (including phenoxy) is 1. The van der Waals surface area contributed by atoms with Gasteiger partial charge in [0.15, 0.2) is 0 Å². The van der Waals surface area contributed by atoms with Gasteiger partial charge in [0.05, 0.1) is 25.4 Å². The highest BCUT2D eigenvalue weighted by molar-refractivity contribution is 5.76. The summed E-state index contributed by atoms with van der Waals surface area (Å²) in [5.41, 5.74) is 0. The highest BCUT2D eigenvalue weighted by atomic mass is 16.5. The molecular formula is C75H145NO5. The van der Waals surface area contributed by atoms with E-state index in [1.54, 1.807) is 6.08 Å². The number of esters is 1. The molecule has 0 radical (unpaired) electrons. The van der Waals surface area contributed by atoms with E-state index in [0.29, 0.717) is 19.4 Å². The maximum atomic E-state index is 12.4. The van der Waals surface area contributed by atoms with Crippen LogP contribution in [0.3, 0.4) is 0 Å². The van der Waals surface area contributed by atoms with Crippen molar-refractivity contribution in [3.05, 3.63) is 24.3 Å². The Kier molecular flexibility index (Phi) is 69.4. The summed E-state index contributed by atoms with van der Waals surface area (Å²) < 4.78 is 5.49. The number of amides is 1. The van der Waals surface area contributed by atoms with Crippen molar-refractivity contribution in [2.24, 2.45) is 0 Å². The van der Waals surface area contributed by atoms with Crippen LogP contribution in [0.5, 0.6) is 0 Å². The lowest BCUT2D eigenvalue weighted by Gasteiger charge is -2.20. The lowest BCUT2D eigenvalue weighted by Crippen LogP contribution is -2.45. The molecule has 0 aromatic carbocycles. The van der Waals surface area contributed by atoms with Gasteiger partial charge < -0.3 is 20.3 Å². The molecule has 0 aliphatic heterocycles. The number of unbranched alkanes of at least 4 members (excludes halogenated alkanes) is 57. The second-order valence-corrected chi connectivity index (χ2v) is 25.6. The molecule has 0 spiro atoms. The fourth-order valence-electron chi connectivity index (χ4n) is 11.8. The molecular weight excluding hydrogens is 995 g/mol. The number of allylic oxidation sites excluding steroid dienone is 3. The van der Waals surface area contributed by atoms with E-state index in [-0.39, 0.29) is 18.5 Å². The molecule has 0 aliphatic rings. The molecule has 1 amide bonds. The van der Waals surface area contributed by atoms with Crippen LogP contribution in [-0.2, 0) is 14.3 Å². The van der Waals surface area contributed by atoms with Crippen LogP contribution < -0.4 is 5.32 Å². The van der Waals surface area contributed by atoms with Crippen LogP contribution in [0.15, 0.2) is 24.3 Å². The summed E-state index contributed by atoms with van der Waals surface area (Å²) in [7, 11) is 0. The zero-order valence-electron chi connectivity index (χ0n) is 55.0. The normalized spacial score (nSPS) is 12.6. The molecule has 0 saturated carbocycles.